The molecule has 0 aliphatic carbocycles. The standard InChI is InChI=1S/C11H13BrO3/c1-14-9-5-3-4-8(6-9)7-10(12)11(13)15-2/h3-6,10H,7H2,1-2H3. The van der Waals surface area contributed by atoms with Gasteiger partial charge in [-0.1, -0.05) is 28.1 Å². The average molecular weight is 273 g/mol. The van der Waals surface area contributed by atoms with Crippen LogP contribution in [0, 0.1) is 0 Å². The molecule has 0 fully saturated rings. The summed E-state index contributed by atoms with van der Waals surface area (Å²) in [7, 11) is 2.99. The van der Waals surface area contributed by atoms with E-state index in [0.29, 0.717) is 6.42 Å². The molecule has 1 rings (SSSR count). The second kappa shape index (κ2) is 5.75. The highest BCUT2D eigenvalue weighted by Crippen LogP contribution is 2.17. The predicted octanol–water partition coefficient (Wildman–Crippen LogP) is 2.17. The molecule has 0 aliphatic rings. The molecule has 1 atom stereocenters. The Bertz CT molecular complexity index is 338. The second-order valence-corrected chi connectivity index (χ2v) is 4.15. The number of carbonyl (C=O) groups is 1. The number of esters is 1. The van der Waals surface area contributed by atoms with Crippen molar-refractivity contribution in [3.8, 4) is 5.75 Å². The Hall–Kier alpha value is -1.03. The molecule has 0 aliphatic heterocycles. The highest BCUT2D eigenvalue weighted by molar-refractivity contribution is 9.10. The van der Waals surface area contributed by atoms with Gasteiger partial charge in [0.1, 0.15) is 10.6 Å². The van der Waals surface area contributed by atoms with Crippen LogP contribution in [0.25, 0.3) is 0 Å². The van der Waals surface area contributed by atoms with Crippen molar-refractivity contribution in [1.29, 1.82) is 0 Å². The van der Waals surface area contributed by atoms with E-state index < -0.39 is 0 Å². The molecule has 15 heavy (non-hydrogen) atoms. The van der Waals surface area contributed by atoms with E-state index in [4.69, 9.17) is 4.74 Å². The van der Waals surface area contributed by atoms with Gasteiger partial charge in [0.15, 0.2) is 0 Å². The Labute approximate surface area is 97.5 Å². The number of hydrogen-bond donors (Lipinski definition) is 0. The molecule has 0 heterocycles. The SMILES string of the molecule is COC(=O)C(Br)Cc1cccc(OC)c1. The average Bonchev–Trinajstić information content (AvgIpc) is 2.28. The maximum Gasteiger partial charge on any atom is 0.319 e. The van der Waals surface area contributed by atoms with E-state index in [1.54, 1.807) is 7.11 Å². The summed E-state index contributed by atoms with van der Waals surface area (Å²) in [6, 6.07) is 7.60. The van der Waals surface area contributed by atoms with Crippen LogP contribution in [0.15, 0.2) is 24.3 Å². The van der Waals surface area contributed by atoms with Crippen LogP contribution in [-0.4, -0.2) is 25.0 Å². The van der Waals surface area contributed by atoms with Crippen LogP contribution in [0.1, 0.15) is 5.56 Å². The zero-order chi connectivity index (χ0) is 11.3. The lowest BCUT2D eigenvalue weighted by Crippen LogP contribution is -2.17. The summed E-state index contributed by atoms with van der Waals surface area (Å²) in [5.41, 5.74) is 1.03. The maximum absolute atomic E-state index is 11.2. The highest BCUT2D eigenvalue weighted by Gasteiger charge is 2.15. The first-order chi connectivity index (χ1) is 7.17. The van der Waals surface area contributed by atoms with Crippen LogP contribution >= 0.6 is 15.9 Å². The summed E-state index contributed by atoms with van der Waals surface area (Å²) in [6.07, 6.45) is 0.587. The first-order valence-corrected chi connectivity index (χ1v) is 5.43. The van der Waals surface area contributed by atoms with Gasteiger partial charge >= 0.3 is 5.97 Å². The third kappa shape index (κ3) is 3.55. The van der Waals surface area contributed by atoms with Gasteiger partial charge in [-0.3, -0.25) is 4.79 Å². The van der Waals surface area contributed by atoms with Gasteiger partial charge in [-0.2, -0.15) is 0 Å². The number of halogens is 1. The van der Waals surface area contributed by atoms with Gasteiger partial charge in [-0.25, -0.2) is 0 Å². The van der Waals surface area contributed by atoms with Gasteiger partial charge in [0.05, 0.1) is 14.2 Å². The van der Waals surface area contributed by atoms with Crippen LogP contribution < -0.4 is 4.74 Å². The molecule has 82 valence electrons. The van der Waals surface area contributed by atoms with E-state index >= 15 is 0 Å². The topological polar surface area (TPSA) is 35.5 Å². The van der Waals surface area contributed by atoms with Crippen LogP contribution in [0.4, 0.5) is 0 Å². The summed E-state index contributed by atoms with van der Waals surface area (Å²) < 4.78 is 9.72. The van der Waals surface area contributed by atoms with Crippen LogP contribution in [-0.2, 0) is 16.0 Å². The van der Waals surface area contributed by atoms with Gasteiger partial charge < -0.3 is 9.47 Å². The van der Waals surface area contributed by atoms with Crippen molar-refractivity contribution in [2.45, 2.75) is 11.2 Å². The van der Waals surface area contributed by atoms with E-state index in [9.17, 15) is 4.79 Å². The Balaban J connectivity index is 2.67. The van der Waals surface area contributed by atoms with E-state index in [0.717, 1.165) is 11.3 Å². The van der Waals surface area contributed by atoms with Crippen LogP contribution in [0.3, 0.4) is 0 Å². The number of hydrogen-bond acceptors (Lipinski definition) is 3. The number of methoxy groups -OCH3 is 2. The summed E-state index contributed by atoms with van der Waals surface area (Å²) in [5, 5.41) is 0. The largest absolute Gasteiger partial charge is 0.497 e. The summed E-state index contributed by atoms with van der Waals surface area (Å²) in [5.74, 6) is 0.523. The molecule has 0 amide bonds. The molecule has 0 bridgehead atoms. The first kappa shape index (κ1) is 12.0. The van der Waals surface area contributed by atoms with E-state index in [-0.39, 0.29) is 10.8 Å². The van der Waals surface area contributed by atoms with Crippen molar-refractivity contribution in [3.05, 3.63) is 29.8 Å². The lowest BCUT2D eigenvalue weighted by atomic mass is 10.1. The molecule has 0 aromatic heterocycles. The van der Waals surface area contributed by atoms with Crippen LogP contribution in [0.2, 0.25) is 0 Å². The van der Waals surface area contributed by atoms with Gasteiger partial charge in [-0.15, -0.1) is 0 Å². The second-order valence-electron chi connectivity index (χ2n) is 3.05. The molecule has 0 spiro atoms. The number of rotatable bonds is 4. The molecule has 1 aromatic rings. The van der Waals surface area contributed by atoms with Crippen molar-refractivity contribution >= 4 is 21.9 Å². The molecule has 1 aromatic carbocycles. The van der Waals surface area contributed by atoms with E-state index in [1.807, 2.05) is 24.3 Å². The molecular weight excluding hydrogens is 260 g/mol. The number of carbonyl (C=O) groups excluding carboxylic acids is 1. The number of benzene rings is 1. The fourth-order valence-electron chi connectivity index (χ4n) is 1.22. The van der Waals surface area contributed by atoms with Gasteiger partial charge in [-0.05, 0) is 24.1 Å². The first-order valence-electron chi connectivity index (χ1n) is 4.52. The fraction of sp³-hybridized carbons (Fsp3) is 0.364. The lowest BCUT2D eigenvalue weighted by Gasteiger charge is -2.08. The van der Waals surface area contributed by atoms with E-state index in [1.165, 1.54) is 7.11 Å². The minimum absolute atomic E-state index is 0.266. The van der Waals surface area contributed by atoms with E-state index in [2.05, 4.69) is 20.7 Å². The molecule has 3 nitrogen and oxygen atoms in total. The fourth-order valence-corrected chi connectivity index (χ4v) is 1.78. The Morgan fingerprint density at radius 2 is 2.20 bits per heavy atom. The summed E-state index contributed by atoms with van der Waals surface area (Å²) >= 11 is 3.27. The van der Waals surface area contributed by atoms with Crippen molar-refractivity contribution in [1.82, 2.24) is 0 Å². The van der Waals surface area contributed by atoms with Gasteiger partial charge in [0, 0.05) is 0 Å². The maximum atomic E-state index is 11.2. The van der Waals surface area contributed by atoms with Crippen molar-refractivity contribution in [2.75, 3.05) is 14.2 Å². The minimum atomic E-state index is -0.311. The number of ether oxygens (including phenoxy) is 2. The Morgan fingerprint density at radius 1 is 1.47 bits per heavy atom. The highest BCUT2D eigenvalue weighted by atomic mass is 79.9. The summed E-state index contributed by atoms with van der Waals surface area (Å²) in [4.78, 5) is 10.9. The smallest absolute Gasteiger partial charge is 0.319 e. The quantitative estimate of drug-likeness (QED) is 0.623. The third-order valence-electron chi connectivity index (χ3n) is 2.01. The van der Waals surface area contributed by atoms with Crippen LogP contribution in [0.5, 0.6) is 5.75 Å². The Kier molecular flexibility index (Phi) is 4.62. The van der Waals surface area contributed by atoms with Gasteiger partial charge in [0.2, 0.25) is 0 Å². The van der Waals surface area contributed by atoms with Crippen molar-refractivity contribution in [2.24, 2.45) is 0 Å². The van der Waals surface area contributed by atoms with Gasteiger partial charge in [0.25, 0.3) is 0 Å². The Morgan fingerprint density at radius 3 is 2.80 bits per heavy atom. The molecule has 0 saturated carbocycles. The molecule has 0 N–H and O–H groups in total. The zero-order valence-corrected chi connectivity index (χ0v) is 10.3. The van der Waals surface area contributed by atoms with Crippen molar-refractivity contribution in [3.63, 3.8) is 0 Å². The third-order valence-corrected chi connectivity index (χ3v) is 2.70. The normalized spacial score (nSPS) is 11.9. The molecule has 1 unspecified atom stereocenters. The molecule has 0 radical (unpaired) electrons. The zero-order valence-electron chi connectivity index (χ0n) is 8.70. The monoisotopic (exact) mass is 272 g/mol. The molecular formula is C11H13BrO3. The molecule has 0 saturated heterocycles. The van der Waals surface area contributed by atoms with Crippen molar-refractivity contribution < 1.29 is 14.3 Å². The number of alkyl halides is 1. The minimum Gasteiger partial charge on any atom is -0.497 e. The molecule has 4 heteroatoms. The predicted molar refractivity (Wildman–Crippen MR) is 61.4 cm³/mol. The summed E-state index contributed by atoms with van der Waals surface area (Å²) in [6.45, 7) is 0. The lowest BCUT2D eigenvalue weighted by molar-refractivity contribution is -0.139.